The number of ether oxygens (including phenoxy) is 1. The fourth-order valence-electron chi connectivity index (χ4n) is 5.00. The summed E-state index contributed by atoms with van der Waals surface area (Å²) in [6.45, 7) is 7.29. The Morgan fingerprint density at radius 3 is 2.17 bits per heavy atom. The monoisotopic (exact) mass is 541 g/mol. The highest BCUT2D eigenvalue weighted by atomic mass is 16.5. The van der Waals surface area contributed by atoms with Gasteiger partial charge in [-0.25, -0.2) is 0 Å². The van der Waals surface area contributed by atoms with Crippen molar-refractivity contribution in [3.63, 3.8) is 0 Å². The fourth-order valence-corrected chi connectivity index (χ4v) is 5.00. The van der Waals surface area contributed by atoms with Gasteiger partial charge in [0.1, 0.15) is 11.5 Å². The molecular weight excluding hydrogens is 506 g/mol. The van der Waals surface area contributed by atoms with Gasteiger partial charge in [-0.2, -0.15) is 0 Å². The molecule has 2 amide bonds. The molecule has 0 aromatic heterocycles. The van der Waals surface area contributed by atoms with Gasteiger partial charge in [0.2, 0.25) is 5.91 Å². The van der Waals surface area contributed by atoms with Gasteiger partial charge in [-0.1, -0.05) is 26.0 Å². The van der Waals surface area contributed by atoms with E-state index >= 15 is 0 Å². The molecule has 0 radical (unpaired) electrons. The minimum Gasteiger partial charge on any atom is -0.507 e. The van der Waals surface area contributed by atoms with Gasteiger partial charge in [0, 0.05) is 43.6 Å². The van der Waals surface area contributed by atoms with Crippen LogP contribution in [0.5, 0.6) is 5.75 Å². The first-order valence-corrected chi connectivity index (χ1v) is 13.1. The lowest BCUT2D eigenvalue weighted by atomic mass is 9.91. The quantitative estimate of drug-likeness (QED) is 0.224. The van der Waals surface area contributed by atoms with E-state index in [0.717, 1.165) is 11.3 Å². The smallest absolute Gasteiger partial charge is 0.300 e. The summed E-state index contributed by atoms with van der Waals surface area (Å²) < 4.78 is 5.56. The van der Waals surface area contributed by atoms with Crippen molar-refractivity contribution in [3.8, 4) is 5.75 Å². The standard InChI is InChI=1S/C32H35N3O5/c1-18(2)25-17-26(19(3)16-27(25)40-7)30(37)28-29(21-8-12-23(13-9-21)34(5)6)35(32(39)31(28)38)24-14-10-22(11-15-24)33-20(4)36/h8-18,29,37H,1-7H3,(H,33,36)/b30-28+. The number of nitrogens with zero attached hydrogens (tertiary/aromatic N) is 2. The zero-order valence-electron chi connectivity index (χ0n) is 23.9. The number of anilines is 3. The summed E-state index contributed by atoms with van der Waals surface area (Å²) in [6.07, 6.45) is 0. The molecule has 1 aliphatic heterocycles. The average molecular weight is 542 g/mol. The highest BCUT2D eigenvalue weighted by Gasteiger charge is 2.47. The van der Waals surface area contributed by atoms with E-state index in [1.165, 1.54) is 11.8 Å². The summed E-state index contributed by atoms with van der Waals surface area (Å²) in [5.41, 5.74) is 4.73. The molecule has 0 spiro atoms. The number of aliphatic hydroxyl groups excluding tert-OH is 1. The van der Waals surface area contributed by atoms with Crippen molar-refractivity contribution in [1.29, 1.82) is 0 Å². The number of carbonyl (C=O) groups is 3. The second-order valence-corrected chi connectivity index (χ2v) is 10.4. The molecule has 0 aliphatic carbocycles. The maximum absolute atomic E-state index is 13.6. The first kappa shape index (κ1) is 28.4. The lowest BCUT2D eigenvalue weighted by molar-refractivity contribution is -0.132. The number of amides is 2. The predicted molar refractivity (Wildman–Crippen MR) is 158 cm³/mol. The van der Waals surface area contributed by atoms with E-state index in [0.29, 0.717) is 33.8 Å². The van der Waals surface area contributed by atoms with Crippen LogP contribution in [0.15, 0.2) is 66.2 Å². The number of carbonyl (C=O) groups excluding carboxylic acids is 3. The fraction of sp³-hybridized carbons (Fsp3) is 0.281. The lowest BCUT2D eigenvalue weighted by Gasteiger charge is -2.26. The molecule has 1 saturated heterocycles. The van der Waals surface area contributed by atoms with Crippen molar-refractivity contribution in [2.75, 3.05) is 36.3 Å². The van der Waals surface area contributed by atoms with Gasteiger partial charge in [-0.15, -0.1) is 0 Å². The lowest BCUT2D eigenvalue weighted by Crippen LogP contribution is -2.29. The summed E-state index contributed by atoms with van der Waals surface area (Å²) >= 11 is 0. The molecule has 40 heavy (non-hydrogen) atoms. The molecule has 1 heterocycles. The van der Waals surface area contributed by atoms with Crippen molar-refractivity contribution < 1.29 is 24.2 Å². The summed E-state index contributed by atoms with van der Waals surface area (Å²) in [7, 11) is 5.45. The third-order valence-electron chi connectivity index (χ3n) is 7.09. The van der Waals surface area contributed by atoms with Crippen LogP contribution in [-0.4, -0.2) is 43.9 Å². The molecule has 4 rings (SSSR count). The number of methoxy groups -OCH3 is 1. The van der Waals surface area contributed by atoms with Crippen LogP contribution >= 0.6 is 0 Å². The predicted octanol–water partition coefficient (Wildman–Crippen LogP) is 5.78. The summed E-state index contributed by atoms with van der Waals surface area (Å²) in [4.78, 5) is 42.0. The Kier molecular flexibility index (Phi) is 8.00. The van der Waals surface area contributed by atoms with Gasteiger partial charge in [-0.05, 0) is 78.1 Å². The Morgan fingerprint density at radius 1 is 1.02 bits per heavy atom. The Bertz CT molecular complexity index is 1490. The molecule has 3 aromatic carbocycles. The van der Waals surface area contributed by atoms with Gasteiger partial charge in [0.05, 0.1) is 18.7 Å². The van der Waals surface area contributed by atoms with Crippen LogP contribution in [0.2, 0.25) is 0 Å². The summed E-state index contributed by atoms with van der Waals surface area (Å²) in [5.74, 6) is -1.18. The number of aryl methyl sites for hydroxylation is 1. The van der Waals surface area contributed by atoms with Crippen LogP contribution in [0.4, 0.5) is 17.1 Å². The number of Topliss-reactive ketones (excluding diaryl/α,β-unsaturated/α-hetero) is 1. The molecule has 8 nitrogen and oxygen atoms in total. The molecular formula is C32H35N3O5. The van der Waals surface area contributed by atoms with E-state index in [4.69, 9.17) is 4.74 Å². The maximum Gasteiger partial charge on any atom is 0.300 e. The van der Waals surface area contributed by atoms with Crippen LogP contribution in [0.25, 0.3) is 5.76 Å². The number of benzene rings is 3. The number of ketones is 1. The van der Waals surface area contributed by atoms with E-state index in [-0.39, 0.29) is 23.2 Å². The topological polar surface area (TPSA) is 99.2 Å². The van der Waals surface area contributed by atoms with E-state index in [2.05, 4.69) is 5.32 Å². The van der Waals surface area contributed by atoms with Crippen LogP contribution in [-0.2, 0) is 14.4 Å². The Morgan fingerprint density at radius 2 is 1.65 bits per heavy atom. The minimum atomic E-state index is -0.869. The van der Waals surface area contributed by atoms with Gasteiger partial charge in [-0.3, -0.25) is 19.3 Å². The maximum atomic E-state index is 13.6. The number of rotatable bonds is 7. The largest absolute Gasteiger partial charge is 0.507 e. The van der Waals surface area contributed by atoms with Crippen molar-refractivity contribution in [2.45, 2.75) is 39.7 Å². The average Bonchev–Trinajstić information content (AvgIpc) is 3.18. The highest BCUT2D eigenvalue weighted by Crippen LogP contribution is 2.44. The first-order valence-electron chi connectivity index (χ1n) is 13.1. The van der Waals surface area contributed by atoms with E-state index < -0.39 is 17.7 Å². The van der Waals surface area contributed by atoms with Crippen LogP contribution in [0.1, 0.15) is 55.0 Å². The Hall–Kier alpha value is -4.59. The van der Waals surface area contributed by atoms with Crippen LogP contribution in [0.3, 0.4) is 0 Å². The summed E-state index contributed by atoms with van der Waals surface area (Å²) in [6, 6.07) is 17.0. The van der Waals surface area contributed by atoms with Gasteiger partial charge in [0.25, 0.3) is 11.7 Å². The van der Waals surface area contributed by atoms with Crippen molar-refractivity contribution >= 4 is 40.4 Å². The highest BCUT2D eigenvalue weighted by molar-refractivity contribution is 6.51. The molecule has 3 aromatic rings. The van der Waals surface area contributed by atoms with Crippen molar-refractivity contribution in [1.82, 2.24) is 0 Å². The van der Waals surface area contributed by atoms with Gasteiger partial charge >= 0.3 is 0 Å². The molecule has 208 valence electrons. The van der Waals surface area contributed by atoms with E-state index in [1.54, 1.807) is 31.4 Å². The van der Waals surface area contributed by atoms with E-state index in [9.17, 15) is 19.5 Å². The molecule has 0 saturated carbocycles. The normalized spacial score (nSPS) is 16.4. The molecule has 2 N–H and O–H groups in total. The SMILES string of the molecule is COc1cc(C)c(/C(O)=C2\C(=O)C(=O)N(c3ccc(NC(C)=O)cc3)C2c2ccc(N(C)C)cc2)cc1C(C)C. The first-order chi connectivity index (χ1) is 18.9. The summed E-state index contributed by atoms with van der Waals surface area (Å²) in [5, 5.41) is 14.4. The number of hydrogen-bond donors (Lipinski definition) is 2. The molecule has 1 aliphatic rings. The van der Waals surface area contributed by atoms with Gasteiger partial charge in [0.15, 0.2) is 0 Å². The zero-order valence-corrected chi connectivity index (χ0v) is 23.9. The minimum absolute atomic E-state index is 0.0107. The molecule has 8 heteroatoms. The van der Waals surface area contributed by atoms with Crippen molar-refractivity contribution in [2.24, 2.45) is 0 Å². The third kappa shape index (κ3) is 5.30. The van der Waals surface area contributed by atoms with Gasteiger partial charge < -0.3 is 20.1 Å². The Labute approximate surface area is 234 Å². The second-order valence-electron chi connectivity index (χ2n) is 10.4. The molecule has 1 fully saturated rings. The second kappa shape index (κ2) is 11.3. The van der Waals surface area contributed by atoms with Crippen molar-refractivity contribution in [3.05, 3.63) is 88.5 Å². The van der Waals surface area contributed by atoms with E-state index in [1.807, 2.05) is 76.2 Å². The van der Waals surface area contributed by atoms with Crippen LogP contribution in [0, 0.1) is 6.92 Å². The molecule has 0 bridgehead atoms. The number of nitrogens with one attached hydrogen (secondary N) is 1. The van der Waals surface area contributed by atoms with Crippen LogP contribution < -0.4 is 19.9 Å². The molecule has 1 unspecified atom stereocenters. The number of hydrogen-bond acceptors (Lipinski definition) is 6. The Balaban J connectivity index is 1.93. The zero-order chi connectivity index (χ0) is 29.3. The number of aliphatic hydroxyl groups is 1. The molecule has 1 atom stereocenters. The third-order valence-corrected chi connectivity index (χ3v) is 7.09.